The zero-order valence-corrected chi connectivity index (χ0v) is 15.8. The molecule has 7 heteroatoms. The summed E-state index contributed by atoms with van der Waals surface area (Å²) in [7, 11) is 0. The summed E-state index contributed by atoms with van der Waals surface area (Å²) >= 11 is 0. The van der Waals surface area contributed by atoms with E-state index < -0.39 is 6.04 Å². The summed E-state index contributed by atoms with van der Waals surface area (Å²) in [6.45, 7) is 13.6. The van der Waals surface area contributed by atoms with Crippen LogP contribution in [0, 0.1) is 18.4 Å². The van der Waals surface area contributed by atoms with Crippen molar-refractivity contribution in [2.75, 3.05) is 24.7 Å². The first-order valence-electron chi connectivity index (χ1n) is 9.15. The third-order valence-corrected chi connectivity index (χ3v) is 4.87. The maximum Gasteiger partial charge on any atom is 0.309 e. The highest BCUT2D eigenvalue weighted by atomic mass is 16.5. The average molecular weight is 372 g/mol. The van der Waals surface area contributed by atoms with Crippen molar-refractivity contribution < 1.29 is 4.74 Å². The Morgan fingerprint density at radius 2 is 2.29 bits per heavy atom. The van der Waals surface area contributed by atoms with Gasteiger partial charge >= 0.3 is 6.04 Å². The van der Waals surface area contributed by atoms with E-state index >= 15 is 0 Å². The molecule has 3 aromatic heterocycles. The number of hydrogen-bond acceptors (Lipinski definition) is 5. The van der Waals surface area contributed by atoms with Crippen LogP contribution in [-0.2, 0) is 4.74 Å². The number of nitrogens with one attached hydrogen (secondary N) is 1. The zero-order valence-electron chi connectivity index (χ0n) is 15.8. The standard InChI is InChI=1S/C21H20N6O/c1-4-5-17(22-3)16-12-19(27-10-11-28-13-14(27)2)25-20-15(16)6-8-23-21(20)18-7-9-24-26-18/h6-9,12,14,17H,10-11,13H2,1-2H3,(H,24,26)/t14-,17?/m1/s1. The van der Waals surface area contributed by atoms with Crippen LogP contribution < -0.4 is 4.90 Å². The lowest BCUT2D eigenvalue weighted by molar-refractivity contribution is 0.0985. The quantitative estimate of drug-likeness (QED) is 0.565. The predicted octanol–water partition coefficient (Wildman–Crippen LogP) is 3.23. The maximum atomic E-state index is 7.66. The number of fused-ring (bicyclic) bond motifs is 1. The summed E-state index contributed by atoms with van der Waals surface area (Å²) < 4.78 is 5.58. The minimum absolute atomic E-state index is 0.197. The number of morpholine rings is 1. The number of ether oxygens (including phenoxy) is 1. The summed E-state index contributed by atoms with van der Waals surface area (Å²) in [5.41, 5.74) is 3.10. The van der Waals surface area contributed by atoms with E-state index in [-0.39, 0.29) is 6.04 Å². The molecular formula is C21H20N6O. The van der Waals surface area contributed by atoms with Crippen LogP contribution in [0.15, 0.2) is 30.6 Å². The number of pyridine rings is 2. The summed E-state index contributed by atoms with van der Waals surface area (Å²) in [5, 5.41) is 7.89. The number of aromatic amines is 1. The van der Waals surface area contributed by atoms with Gasteiger partial charge in [-0.15, -0.1) is 0 Å². The number of aromatic nitrogens is 4. The third-order valence-electron chi connectivity index (χ3n) is 4.87. The Balaban J connectivity index is 1.99. The van der Waals surface area contributed by atoms with Gasteiger partial charge in [0, 0.05) is 24.3 Å². The van der Waals surface area contributed by atoms with Gasteiger partial charge in [0.05, 0.1) is 30.5 Å². The molecular weight excluding hydrogens is 352 g/mol. The molecule has 140 valence electrons. The van der Waals surface area contributed by atoms with E-state index in [2.05, 4.69) is 43.7 Å². The lowest BCUT2D eigenvalue weighted by Gasteiger charge is -2.34. The Bertz CT molecular complexity index is 1090. The van der Waals surface area contributed by atoms with Crippen LogP contribution in [-0.4, -0.2) is 46.0 Å². The molecule has 0 bridgehead atoms. The highest BCUT2D eigenvalue weighted by Crippen LogP contribution is 2.34. The molecule has 4 rings (SSSR count). The first-order valence-corrected chi connectivity index (χ1v) is 9.15. The fourth-order valence-corrected chi connectivity index (χ4v) is 3.51. The van der Waals surface area contributed by atoms with Gasteiger partial charge in [0.25, 0.3) is 0 Å². The number of rotatable bonds is 3. The predicted molar refractivity (Wildman–Crippen MR) is 108 cm³/mol. The summed E-state index contributed by atoms with van der Waals surface area (Å²) in [6.07, 6.45) is 3.43. The van der Waals surface area contributed by atoms with Crippen LogP contribution in [0.25, 0.3) is 27.1 Å². The van der Waals surface area contributed by atoms with Gasteiger partial charge in [-0.1, -0.05) is 5.92 Å². The van der Waals surface area contributed by atoms with Gasteiger partial charge in [-0.25, -0.2) is 11.6 Å². The smallest absolute Gasteiger partial charge is 0.309 e. The molecule has 1 aliphatic heterocycles. The second kappa shape index (κ2) is 7.67. The Hall–Kier alpha value is -3.42. The third kappa shape index (κ3) is 3.17. The number of H-pyrrole nitrogens is 1. The molecule has 0 radical (unpaired) electrons. The fraction of sp³-hybridized carbons (Fsp3) is 0.333. The van der Waals surface area contributed by atoms with Crippen molar-refractivity contribution in [3.8, 4) is 23.2 Å². The minimum atomic E-state index is -0.553. The number of hydrogen-bond donors (Lipinski definition) is 1. The molecule has 0 spiro atoms. The normalized spacial score (nSPS) is 17.6. The largest absolute Gasteiger partial charge is 0.377 e. The molecule has 1 aliphatic rings. The van der Waals surface area contributed by atoms with Crippen molar-refractivity contribution in [3.05, 3.63) is 47.6 Å². The van der Waals surface area contributed by atoms with Gasteiger partial charge < -0.3 is 9.64 Å². The van der Waals surface area contributed by atoms with Crippen molar-refractivity contribution in [2.24, 2.45) is 0 Å². The lowest BCUT2D eigenvalue weighted by Crippen LogP contribution is -2.44. The molecule has 3 aromatic rings. The van der Waals surface area contributed by atoms with Gasteiger partial charge in [-0.05, 0) is 38.0 Å². The van der Waals surface area contributed by atoms with Crippen molar-refractivity contribution >= 4 is 16.7 Å². The molecule has 1 unspecified atom stereocenters. The van der Waals surface area contributed by atoms with E-state index in [1.54, 1.807) is 19.3 Å². The number of nitrogens with zero attached hydrogens (tertiary/aromatic N) is 5. The van der Waals surface area contributed by atoms with Gasteiger partial charge in [0.1, 0.15) is 17.0 Å². The summed E-state index contributed by atoms with van der Waals surface area (Å²) in [5.74, 6) is 6.72. The SMILES string of the molecule is [C-]#[N+]C(C#CC)c1cc(N2CCOC[C@H]2C)nc2c(-c3ccn[nH]3)nccc12. The molecule has 0 aromatic carbocycles. The molecule has 1 fully saturated rings. The topological polar surface area (TPSA) is 71.3 Å². The monoisotopic (exact) mass is 372 g/mol. The van der Waals surface area contributed by atoms with Crippen LogP contribution in [0.1, 0.15) is 25.5 Å². The molecule has 2 atom stereocenters. The highest BCUT2D eigenvalue weighted by Gasteiger charge is 2.26. The van der Waals surface area contributed by atoms with Crippen molar-refractivity contribution in [1.29, 1.82) is 0 Å². The summed E-state index contributed by atoms with van der Waals surface area (Å²) in [4.78, 5) is 15.5. The molecule has 0 amide bonds. The molecule has 7 nitrogen and oxygen atoms in total. The van der Waals surface area contributed by atoms with Crippen LogP contribution in [0.5, 0.6) is 0 Å². The van der Waals surface area contributed by atoms with Gasteiger partial charge in [0.2, 0.25) is 0 Å². The molecule has 1 N–H and O–H groups in total. The van der Waals surface area contributed by atoms with Crippen LogP contribution in [0.3, 0.4) is 0 Å². The lowest BCUT2D eigenvalue weighted by atomic mass is 10.0. The van der Waals surface area contributed by atoms with E-state index in [1.165, 1.54) is 0 Å². The van der Waals surface area contributed by atoms with Crippen molar-refractivity contribution in [1.82, 2.24) is 20.2 Å². The molecule has 0 saturated carbocycles. The fourth-order valence-electron chi connectivity index (χ4n) is 3.51. The van der Waals surface area contributed by atoms with Crippen molar-refractivity contribution in [2.45, 2.75) is 25.9 Å². The summed E-state index contributed by atoms with van der Waals surface area (Å²) in [6, 6.07) is 5.41. The Morgan fingerprint density at radius 3 is 3.00 bits per heavy atom. The molecule has 0 aliphatic carbocycles. The van der Waals surface area contributed by atoms with Crippen LogP contribution >= 0.6 is 0 Å². The van der Waals surface area contributed by atoms with E-state index in [0.717, 1.165) is 34.5 Å². The molecule has 4 heterocycles. The van der Waals surface area contributed by atoms with E-state index in [0.29, 0.717) is 18.9 Å². The van der Waals surface area contributed by atoms with E-state index in [4.69, 9.17) is 16.3 Å². The van der Waals surface area contributed by atoms with E-state index in [1.807, 2.05) is 18.2 Å². The van der Waals surface area contributed by atoms with E-state index in [9.17, 15) is 0 Å². The van der Waals surface area contributed by atoms with Gasteiger partial charge in [-0.2, -0.15) is 5.10 Å². The van der Waals surface area contributed by atoms with Crippen LogP contribution in [0.4, 0.5) is 5.82 Å². The maximum absolute atomic E-state index is 7.66. The second-order valence-electron chi connectivity index (χ2n) is 6.64. The van der Waals surface area contributed by atoms with Gasteiger partial charge in [-0.3, -0.25) is 14.9 Å². The van der Waals surface area contributed by atoms with Crippen LogP contribution in [0.2, 0.25) is 0 Å². The highest BCUT2D eigenvalue weighted by molar-refractivity contribution is 5.94. The minimum Gasteiger partial charge on any atom is -0.377 e. The van der Waals surface area contributed by atoms with Gasteiger partial charge in [0.15, 0.2) is 0 Å². The Morgan fingerprint density at radius 1 is 1.39 bits per heavy atom. The zero-order chi connectivity index (χ0) is 19.5. The molecule has 28 heavy (non-hydrogen) atoms. The first-order chi connectivity index (χ1) is 13.7. The average Bonchev–Trinajstić information content (AvgIpc) is 3.26. The molecule has 1 saturated heterocycles. The van der Waals surface area contributed by atoms with Crippen molar-refractivity contribution in [3.63, 3.8) is 0 Å². The Kier molecular flexibility index (Phi) is 4.92. The first kappa shape index (κ1) is 18.0. The Labute approximate surface area is 163 Å². The number of anilines is 1. The second-order valence-corrected chi connectivity index (χ2v) is 6.64.